The van der Waals surface area contributed by atoms with Crippen molar-refractivity contribution in [3.05, 3.63) is 60.5 Å². The molecule has 0 aliphatic heterocycles. The summed E-state index contributed by atoms with van der Waals surface area (Å²) in [5.41, 5.74) is 1.54. The van der Waals surface area contributed by atoms with Gasteiger partial charge in [0, 0.05) is 17.7 Å². The van der Waals surface area contributed by atoms with Gasteiger partial charge < -0.3 is 14.9 Å². The van der Waals surface area contributed by atoms with E-state index in [0.717, 1.165) is 11.3 Å². The standard InChI is InChI=1S/C17H15FN2O3/c18-13-3-1-12(2-4-13)15-6-5-14(11-19-15)23-10-9-20-16(21)7-8-17(20)22/h1-8,11,21-22H,9-10H2. The third-order valence-corrected chi connectivity index (χ3v) is 3.39. The van der Waals surface area contributed by atoms with Crippen molar-refractivity contribution in [1.82, 2.24) is 9.55 Å². The summed E-state index contributed by atoms with van der Waals surface area (Å²) in [6.45, 7) is 0.581. The first kappa shape index (κ1) is 14.9. The van der Waals surface area contributed by atoms with Crippen LogP contribution in [-0.2, 0) is 6.54 Å². The van der Waals surface area contributed by atoms with E-state index in [4.69, 9.17) is 4.74 Å². The molecule has 0 aliphatic carbocycles. The summed E-state index contributed by atoms with van der Waals surface area (Å²) < 4.78 is 19.8. The molecule has 0 spiro atoms. The van der Waals surface area contributed by atoms with Crippen LogP contribution in [0.4, 0.5) is 4.39 Å². The molecule has 2 aromatic heterocycles. The van der Waals surface area contributed by atoms with Crippen molar-refractivity contribution < 1.29 is 19.3 Å². The molecule has 6 heteroatoms. The van der Waals surface area contributed by atoms with Crippen molar-refractivity contribution in [3.8, 4) is 28.8 Å². The third-order valence-electron chi connectivity index (χ3n) is 3.39. The first-order valence-electron chi connectivity index (χ1n) is 7.06. The molecule has 0 atom stereocenters. The largest absolute Gasteiger partial charge is 0.494 e. The van der Waals surface area contributed by atoms with Gasteiger partial charge in [-0.2, -0.15) is 0 Å². The first-order valence-corrected chi connectivity index (χ1v) is 7.06. The van der Waals surface area contributed by atoms with Crippen LogP contribution in [-0.4, -0.2) is 26.4 Å². The molecule has 0 fully saturated rings. The number of rotatable bonds is 5. The molecule has 0 aliphatic rings. The summed E-state index contributed by atoms with van der Waals surface area (Å²) in [5.74, 6) is 0.249. The molecule has 118 valence electrons. The van der Waals surface area contributed by atoms with E-state index in [9.17, 15) is 14.6 Å². The Morgan fingerprint density at radius 1 is 0.957 bits per heavy atom. The van der Waals surface area contributed by atoms with Gasteiger partial charge in [0.1, 0.15) is 18.2 Å². The van der Waals surface area contributed by atoms with Gasteiger partial charge in [-0.1, -0.05) is 0 Å². The summed E-state index contributed by atoms with van der Waals surface area (Å²) in [4.78, 5) is 4.28. The molecule has 3 aromatic rings. The van der Waals surface area contributed by atoms with Gasteiger partial charge in [-0.25, -0.2) is 4.39 Å². The number of pyridine rings is 1. The van der Waals surface area contributed by atoms with Gasteiger partial charge in [0.15, 0.2) is 11.8 Å². The Kier molecular flexibility index (Phi) is 4.14. The van der Waals surface area contributed by atoms with Gasteiger partial charge in [-0.15, -0.1) is 0 Å². The average Bonchev–Trinajstić information content (AvgIpc) is 2.88. The Hall–Kier alpha value is -3.02. The number of ether oxygens (including phenoxy) is 1. The van der Waals surface area contributed by atoms with Gasteiger partial charge in [-0.3, -0.25) is 9.55 Å². The van der Waals surface area contributed by atoms with Gasteiger partial charge in [0.05, 0.1) is 18.4 Å². The fraction of sp³-hybridized carbons (Fsp3) is 0.118. The summed E-state index contributed by atoms with van der Waals surface area (Å²) in [6.07, 6.45) is 1.58. The minimum Gasteiger partial charge on any atom is -0.494 e. The second kappa shape index (κ2) is 6.39. The zero-order chi connectivity index (χ0) is 16.2. The number of hydrogen-bond acceptors (Lipinski definition) is 4. The predicted molar refractivity (Wildman–Crippen MR) is 82.9 cm³/mol. The lowest BCUT2D eigenvalue weighted by molar-refractivity contribution is 0.274. The van der Waals surface area contributed by atoms with Crippen molar-refractivity contribution in [3.63, 3.8) is 0 Å². The van der Waals surface area contributed by atoms with Crippen molar-refractivity contribution in [2.75, 3.05) is 6.61 Å². The SMILES string of the molecule is Oc1ccc(O)n1CCOc1ccc(-c2ccc(F)cc2)nc1. The third kappa shape index (κ3) is 3.42. The van der Waals surface area contributed by atoms with Crippen LogP contribution in [0.25, 0.3) is 11.3 Å². The molecule has 1 aromatic carbocycles. The molecule has 0 bridgehead atoms. The highest BCUT2D eigenvalue weighted by Crippen LogP contribution is 2.22. The molecular formula is C17H15FN2O3. The maximum Gasteiger partial charge on any atom is 0.193 e. The Morgan fingerprint density at radius 3 is 2.26 bits per heavy atom. The average molecular weight is 314 g/mol. The Morgan fingerprint density at radius 2 is 1.65 bits per heavy atom. The van der Waals surface area contributed by atoms with E-state index >= 15 is 0 Å². The number of benzene rings is 1. The van der Waals surface area contributed by atoms with Gasteiger partial charge >= 0.3 is 0 Å². The van der Waals surface area contributed by atoms with Crippen molar-refractivity contribution in [1.29, 1.82) is 0 Å². The zero-order valence-electron chi connectivity index (χ0n) is 12.2. The Balaban J connectivity index is 1.60. The van der Waals surface area contributed by atoms with Crippen LogP contribution in [0.3, 0.4) is 0 Å². The molecule has 3 rings (SSSR count). The van der Waals surface area contributed by atoms with Crippen molar-refractivity contribution >= 4 is 0 Å². The molecule has 0 amide bonds. The van der Waals surface area contributed by atoms with Crippen LogP contribution in [0.5, 0.6) is 17.5 Å². The van der Waals surface area contributed by atoms with Crippen molar-refractivity contribution in [2.24, 2.45) is 0 Å². The van der Waals surface area contributed by atoms with E-state index in [-0.39, 0.29) is 24.2 Å². The molecule has 23 heavy (non-hydrogen) atoms. The van der Waals surface area contributed by atoms with Gasteiger partial charge in [0.2, 0.25) is 0 Å². The Labute approximate surface area is 132 Å². The van der Waals surface area contributed by atoms with Crippen LogP contribution in [0.2, 0.25) is 0 Å². The second-order valence-corrected chi connectivity index (χ2v) is 4.94. The minimum absolute atomic E-state index is 0.0177. The molecule has 2 N–H and O–H groups in total. The fourth-order valence-electron chi connectivity index (χ4n) is 2.19. The summed E-state index contributed by atoms with van der Waals surface area (Å²) in [6, 6.07) is 12.5. The fourth-order valence-corrected chi connectivity index (χ4v) is 2.19. The van der Waals surface area contributed by atoms with E-state index in [0.29, 0.717) is 12.3 Å². The van der Waals surface area contributed by atoms with Crippen LogP contribution < -0.4 is 4.74 Å². The number of hydrogen-bond donors (Lipinski definition) is 2. The van der Waals surface area contributed by atoms with Crippen molar-refractivity contribution in [2.45, 2.75) is 6.54 Å². The highest BCUT2D eigenvalue weighted by atomic mass is 19.1. The molecule has 5 nitrogen and oxygen atoms in total. The lowest BCUT2D eigenvalue weighted by atomic mass is 10.1. The second-order valence-electron chi connectivity index (χ2n) is 4.94. The van der Waals surface area contributed by atoms with Gasteiger partial charge in [0.25, 0.3) is 0 Å². The maximum absolute atomic E-state index is 12.9. The van der Waals surface area contributed by atoms with Crippen LogP contribution in [0.1, 0.15) is 0 Å². The highest BCUT2D eigenvalue weighted by molar-refractivity contribution is 5.59. The van der Waals surface area contributed by atoms with Crippen LogP contribution >= 0.6 is 0 Å². The minimum atomic E-state index is -0.287. The zero-order valence-corrected chi connectivity index (χ0v) is 12.2. The number of aromatic nitrogens is 2. The van der Waals surface area contributed by atoms with Crippen LogP contribution in [0, 0.1) is 5.82 Å². The van der Waals surface area contributed by atoms with E-state index in [1.807, 2.05) is 0 Å². The van der Waals surface area contributed by atoms with E-state index < -0.39 is 0 Å². The molecule has 2 heterocycles. The Bertz CT molecular complexity index is 763. The van der Waals surface area contributed by atoms with Crippen LogP contribution in [0.15, 0.2) is 54.7 Å². The summed E-state index contributed by atoms with van der Waals surface area (Å²) in [5, 5.41) is 19.0. The smallest absolute Gasteiger partial charge is 0.193 e. The lowest BCUT2D eigenvalue weighted by Crippen LogP contribution is -2.07. The number of halogens is 1. The normalized spacial score (nSPS) is 10.7. The quantitative estimate of drug-likeness (QED) is 0.759. The highest BCUT2D eigenvalue weighted by Gasteiger charge is 2.06. The molecule has 0 unspecified atom stereocenters. The molecular weight excluding hydrogens is 299 g/mol. The van der Waals surface area contributed by atoms with E-state index in [2.05, 4.69) is 4.98 Å². The topological polar surface area (TPSA) is 67.5 Å². The predicted octanol–water partition coefficient (Wildman–Crippen LogP) is 3.18. The molecule has 0 saturated heterocycles. The monoisotopic (exact) mass is 314 g/mol. The first-order chi connectivity index (χ1) is 11.1. The number of aromatic hydroxyl groups is 2. The maximum atomic E-state index is 12.9. The summed E-state index contributed by atoms with van der Waals surface area (Å²) >= 11 is 0. The molecule has 0 saturated carbocycles. The number of nitrogens with zero attached hydrogens (tertiary/aromatic N) is 2. The van der Waals surface area contributed by atoms with E-state index in [1.165, 1.54) is 28.8 Å². The van der Waals surface area contributed by atoms with E-state index in [1.54, 1.807) is 30.5 Å². The summed E-state index contributed by atoms with van der Waals surface area (Å²) in [7, 11) is 0. The lowest BCUT2D eigenvalue weighted by Gasteiger charge is -2.09. The van der Waals surface area contributed by atoms with Gasteiger partial charge in [-0.05, 0) is 36.4 Å². The molecule has 0 radical (unpaired) electrons.